The fourth-order valence-corrected chi connectivity index (χ4v) is 1.72. The van der Waals surface area contributed by atoms with E-state index in [9.17, 15) is 0 Å². The van der Waals surface area contributed by atoms with Crippen LogP contribution in [0.3, 0.4) is 0 Å². The lowest BCUT2D eigenvalue weighted by Gasteiger charge is -2.11. The predicted octanol–water partition coefficient (Wildman–Crippen LogP) is 3.32. The molecule has 2 aromatic carbocycles. The molecule has 0 atom stereocenters. The Morgan fingerprint density at radius 2 is 1.63 bits per heavy atom. The highest BCUT2D eigenvalue weighted by Gasteiger charge is 2.05. The number of rotatable bonds is 4. The minimum atomic E-state index is 0.587. The first-order valence-electron chi connectivity index (χ1n) is 5.76. The van der Waals surface area contributed by atoms with Gasteiger partial charge in [0.2, 0.25) is 0 Å². The molecule has 0 amide bonds. The van der Waals surface area contributed by atoms with Crippen LogP contribution in [-0.2, 0) is 0 Å². The van der Waals surface area contributed by atoms with Gasteiger partial charge in [0.15, 0.2) is 0 Å². The highest BCUT2D eigenvalue weighted by Crippen LogP contribution is 2.28. The Morgan fingerprint density at radius 1 is 1.00 bits per heavy atom. The van der Waals surface area contributed by atoms with E-state index in [2.05, 4.69) is 11.4 Å². The maximum atomic E-state index is 9.06. The normalized spacial score (nSPS) is 9.53. The lowest BCUT2D eigenvalue weighted by Crippen LogP contribution is -1.95. The Bertz CT molecular complexity index is 596. The summed E-state index contributed by atoms with van der Waals surface area (Å²) in [5, 5.41) is 12.2. The zero-order chi connectivity index (χ0) is 13.7. The van der Waals surface area contributed by atoms with Gasteiger partial charge in [-0.3, -0.25) is 0 Å². The fourth-order valence-electron chi connectivity index (χ4n) is 1.72. The van der Waals surface area contributed by atoms with Crippen molar-refractivity contribution in [1.82, 2.24) is 0 Å². The van der Waals surface area contributed by atoms with Crippen LogP contribution in [-0.4, -0.2) is 14.2 Å². The van der Waals surface area contributed by atoms with Gasteiger partial charge in [0.25, 0.3) is 0 Å². The molecule has 0 aliphatic carbocycles. The minimum absolute atomic E-state index is 0.587. The molecule has 1 N–H and O–H groups in total. The minimum Gasteiger partial charge on any atom is -0.497 e. The van der Waals surface area contributed by atoms with E-state index in [0.717, 1.165) is 11.4 Å². The van der Waals surface area contributed by atoms with Gasteiger partial charge in [-0.15, -0.1) is 0 Å². The lowest BCUT2D eigenvalue weighted by molar-refractivity contribution is 0.395. The lowest BCUT2D eigenvalue weighted by atomic mass is 10.2. The van der Waals surface area contributed by atoms with E-state index in [0.29, 0.717) is 17.1 Å². The molecule has 0 bridgehead atoms. The first-order chi connectivity index (χ1) is 9.26. The Hall–Kier alpha value is -2.67. The molecule has 0 spiro atoms. The molecule has 0 aliphatic heterocycles. The summed E-state index contributed by atoms with van der Waals surface area (Å²) in [7, 11) is 3.20. The third-order valence-corrected chi connectivity index (χ3v) is 2.68. The molecule has 19 heavy (non-hydrogen) atoms. The van der Waals surface area contributed by atoms with Crippen LogP contribution >= 0.6 is 0 Å². The van der Waals surface area contributed by atoms with Crippen molar-refractivity contribution in [1.29, 1.82) is 5.26 Å². The van der Waals surface area contributed by atoms with Gasteiger partial charge in [0.1, 0.15) is 17.6 Å². The van der Waals surface area contributed by atoms with Gasteiger partial charge >= 0.3 is 0 Å². The van der Waals surface area contributed by atoms with Crippen LogP contribution in [0.2, 0.25) is 0 Å². The van der Waals surface area contributed by atoms with Crippen molar-refractivity contribution in [3.8, 4) is 17.6 Å². The second kappa shape index (κ2) is 5.78. The Balaban J connectivity index is 2.35. The molecule has 4 nitrogen and oxygen atoms in total. The number of nitrogens with zero attached hydrogens (tertiary/aromatic N) is 1. The number of anilines is 2. The Labute approximate surface area is 112 Å². The number of hydrogen-bond acceptors (Lipinski definition) is 4. The van der Waals surface area contributed by atoms with E-state index in [4.69, 9.17) is 14.7 Å². The summed E-state index contributed by atoms with van der Waals surface area (Å²) < 4.78 is 10.4. The Morgan fingerprint density at radius 3 is 2.21 bits per heavy atom. The molecule has 96 valence electrons. The van der Waals surface area contributed by atoms with E-state index in [-0.39, 0.29) is 0 Å². The van der Waals surface area contributed by atoms with Crippen LogP contribution < -0.4 is 14.8 Å². The molecule has 0 aliphatic rings. The van der Waals surface area contributed by atoms with Gasteiger partial charge in [-0.05, 0) is 12.1 Å². The molecule has 2 aromatic rings. The van der Waals surface area contributed by atoms with Crippen molar-refractivity contribution in [2.24, 2.45) is 0 Å². The van der Waals surface area contributed by atoms with Crippen molar-refractivity contribution in [2.75, 3.05) is 19.5 Å². The fraction of sp³-hybridized carbons (Fsp3) is 0.133. The standard InChI is InChI=1S/C15H14N2O2/c1-18-13-7-12(8-14(9-13)19-2)17-15-6-4-3-5-11(15)10-16/h3-9,17H,1-2H3. The van der Waals surface area contributed by atoms with E-state index < -0.39 is 0 Å². The first kappa shape index (κ1) is 12.8. The van der Waals surface area contributed by atoms with Gasteiger partial charge in [-0.25, -0.2) is 0 Å². The van der Waals surface area contributed by atoms with Crippen LogP contribution in [0.15, 0.2) is 42.5 Å². The zero-order valence-corrected chi connectivity index (χ0v) is 10.8. The monoisotopic (exact) mass is 254 g/mol. The maximum absolute atomic E-state index is 9.06. The van der Waals surface area contributed by atoms with Gasteiger partial charge < -0.3 is 14.8 Å². The summed E-state index contributed by atoms with van der Waals surface area (Å²) in [6.07, 6.45) is 0. The molecular formula is C15H14N2O2. The number of nitrogens with one attached hydrogen (secondary N) is 1. The quantitative estimate of drug-likeness (QED) is 0.909. The van der Waals surface area contributed by atoms with Gasteiger partial charge in [0, 0.05) is 23.9 Å². The molecule has 0 radical (unpaired) electrons. The molecule has 4 heteroatoms. The summed E-state index contributed by atoms with van der Waals surface area (Å²) >= 11 is 0. The van der Waals surface area contributed by atoms with Crippen molar-refractivity contribution in [3.05, 3.63) is 48.0 Å². The number of hydrogen-bond donors (Lipinski definition) is 1. The number of para-hydroxylation sites is 1. The SMILES string of the molecule is COc1cc(Nc2ccccc2C#N)cc(OC)c1. The predicted molar refractivity (Wildman–Crippen MR) is 74.0 cm³/mol. The average molecular weight is 254 g/mol. The molecule has 2 rings (SSSR count). The van der Waals surface area contributed by atoms with Crippen molar-refractivity contribution >= 4 is 11.4 Å². The van der Waals surface area contributed by atoms with Crippen LogP contribution in [0.25, 0.3) is 0 Å². The second-order valence-corrected chi connectivity index (χ2v) is 3.88. The van der Waals surface area contributed by atoms with Crippen molar-refractivity contribution < 1.29 is 9.47 Å². The smallest absolute Gasteiger partial charge is 0.124 e. The third kappa shape index (κ3) is 2.96. The second-order valence-electron chi connectivity index (χ2n) is 3.88. The number of methoxy groups -OCH3 is 2. The highest BCUT2D eigenvalue weighted by molar-refractivity contribution is 5.68. The van der Waals surface area contributed by atoms with Crippen LogP contribution in [0, 0.1) is 11.3 Å². The number of ether oxygens (including phenoxy) is 2. The van der Waals surface area contributed by atoms with Gasteiger partial charge in [-0.1, -0.05) is 12.1 Å². The van der Waals surface area contributed by atoms with Gasteiger partial charge in [-0.2, -0.15) is 5.26 Å². The topological polar surface area (TPSA) is 54.3 Å². The molecule has 0 fully saturated rings. The molecular weight excluding hydrogens is 240 g/mol. The third-order valence-electron chi connectivity index (χ3n) is 2.68. The van der Waals surface area contributed by atoms with E-state index in [1.807, 2.05) is 30.3 Å². The van der Waals surface area contributed by atoms with Crippen LogP contribution in [0.5, 0.6) is 11.5 Å². The molecule has 0 heterocycles. The molecule has 0 unspecified atom stereocenters. The highest BCUT2D eigenvalue weighted by atomic mass is 16.5. The summed E-state index contributed by atoms with van der Waals surface area (Å²) in [5.74, 6) is 1.38. The van der Waals surface area contributed by atoms with E-state index in [1.54, 1.807) is 26.4 Å². The summed E-state index contributed by atoms with van der Waals surface area (Å²) in [4.78, 5) is 0. The maximum Gasteiger partial charge on any atom is 0.124 e. The number of benzene rings is 2. The van der Waals surface area contributed by atoms with Crippen LogP contribution in [0.1, 0.15) is 5.56 Å². The summed E-state index contributed by atoms with van der Waals surface area (Å²) in [5.41, 5.74) is 2.14. The average Bonchev–Trinajstić information content (AvgIpc) is 2.47. The zero-order valence-electron chi connectivity index (χ0n) is 10.8. The van der Waals surface area contributed by atoms with E-state index >= 15 is 0 Å². The van der Waals surface area contributed by atoms with Crippen molar-refractivity contribution in [2.45, 2.75) is 0 Å². The molecule has 0 saturated carbocycles. The Kier molecular flexibility index (Phi) is 3.89. The van der Waals surface area contributed by atoms with Crippen molar-refractivity contribution in [3.63, 3.8) is 0 Å². The number of nitriles is 1. The van der Waals surface area contributed by atoms with Crippen LogP contribution in [0.4, 0.5) is 11.4 Å². The van der Waals surface area contributed by atoms with E-state index in [1.165, 1.54) is 0 Å². The molecule has 0 aromatic heterocycles. The molecule has 0 saturated heterocycles. The summed E-state index contributed by atoms with van der Waals surface area (Å²) in [6.45, 7) is 0. The summed E-state index contributed by atoms with van der Waals surface area (Å²) in [6, 6.07) is 14.9. The largest absolute Gasteiger partial charge is 0.497 e. The first-order valence-corrected chi connectivity index (χ1v) is 5.76. The van der Waals surface area contributed by atoms with Gasteiger partial charge in [0.05, 0.1) is 25.5 Å².